The standard InChI is InChI=1S/C18H16N3O3/c19-17(22)18-20-16(24-21-18)11-8-13-6-9-15(10-7-13)23-12-14-4-2-1-3-5-14/h1-7,9-11H,8,12H2,(H2,19,22). The highest BCUT2D eigenvalue weighted by atomic mass is 16.5. The van der Waals surface area contributed by atoms with Gasteiger partial charge in [0.2, 0.25) is 5.89 Å². The van der Waals surface area contributed by atoms with Crippen LogP contribution in [0.4, 0.5) is 0 Å². The molecule has 2 N–H and O–H groups in total. The zero-order valence-corrected chi connectivity index (χ0v) is 12.9. The summed E-state index contributed by atoms with van der Waals surface area (Å²) in [7, 11) is 0. The van der Waals surface area contributed by atoms with Gasteiger partial charge in [0.25, 0.3) is 11.7 Å². The molecule has 0 aliphatic carbocycles. The molecule has 0 saturated heterocycles. The summed E-state index contributed by atoms with van der Waals surface area (Å²) in [5.41, 5.74) is 7.25. The van der Waals surface area contributed by atoms with Crippen LogP contribution >= 0.6 is 0 Å². The van der Waals surface area contributed by atoms with Gasteiger partial charge in [0.05, 0.1) is 6.42 Å². The van der Waals surface area contributed by atoms with Crippen molar-refractivity contribution < 1.29 is 14.1 Å². The molecular weight excluding hydrogens is 306 g/mol. The molecule has 6 nitrogen and oxygen atoms in total. The van der Waals surface area contributed by atoms with E-state index in [1.807, 2.05) is 54.6 Å². The van der Waals surface area contributed by atoms with E-state index in [4.69, 9.17) is 15.0 Å². The Labute approximate surface area is 139 Å². The van der Waals surface area contributed by atoms with Gasteiger partial charge in [-0.2, -0.15) is 4.98 Å². The number of ether oxygens (including phenoxy) is 1. The van der Waals surface area contributed by atoms with E-state index in [9.17, 15) is 4.79 Å². The Kier molecular flexibility index (Phi) is 4.86. The third-order valence-electron chi connectivity index (χ3n) is 3.35. The summed E-state index contributed by atoms with van der Waals surface area (Å²) in [6, 6.07) is 17.7. The minimum absolute atomic E-state index is 0.120. The first-order valence-electron chi connectivity index (χ1n) is 7.43. The van der Waals surface area contributed by atoms with E-state index < -0.39 is 5.91 Å². The molecule has 1 heterocycles. The Bertz CT molecular complexity index is 798. The molecular formula is C18H16N3O3. The van der Waals surface area contributed by atoms with Crippen LogP contribution in [0.5, 0.6) is 5.75 Å². The molecule has 3 aromatic rings. The van der Waals surface area contributed by atoms with Gasteiger partial charge in [-0.15, -0.1) is 0 Å². The molecule has 1 aromatic heterocycles. The highest BCUT2D eigenvalue weighted by molar-refractivity contribution is 5.88. The number of hydrogen-bond acceptors (Lipinski definition) is 5. The van der Waals surface area contributed by atoms with Crippen molar-refractivity contribution in [1.29, 1.82) is 0 Å². The van der Waals surface area contributed by atoms with Crippen molar-refractivity contribution in [3.63, 3.8) is 0 Å². The van der Waals surface area contributed by atoms with Crippen LogP contribution in [0.25, 0.3) is 0 Å². The zero-order chi connectivity index (χ0) is 16.8. The van der Waals surface area contributed by atoms with Gasteiger partial charge in [-0.1, -0.05) is 47.6 Å². The maximum atomic E-state index is 10.9. The van der Waals surface area contributed by atoms with Crippen molar-refractivity contribution in [2.45, 2.75) is 13.0 Å². The Morgan fingerprint density at radius 1 is 1.08 bits per heavy atom. The van der Waals surface area contributed by atoms with Gasteiger partial charge in [-0.25, -0.2) is 0 Å². The Balaban J connectivity index is 1.51. The van der Waals surface area contributed by atoms with E-state index in [0.717, 1.165) is 16.9 Å². The molecule has 3 rings (SSSR count). The Morgan fingerprint density at radius 2 is 1.83 bits per heavy atom. The number of carbonyl (C=O) groups excluding carboxylic acids is 1. The van der Waals surface area contributed by atoms with E-state index in [2.05, 4.69) is 10.1 Å². The summed E-state index contributed by atoms with van der Waals surface area (Å²) in [4.78, 5) is 14.8. The molecule has 0 unspecified atom stereocenters. The van der Waals surface area contributed by atoms with Gasteiger partial charge in [-0.05, 0) is 29.7 Å². The average molecular weight is 322 g/mol. The van der Waals surface area contributed by atoms with Gasteiger partial charge in [0.15, 0.2) is 0 Å². The molecule has 1 radical (unpaired) electrons. The maximum absolute atomic E-state index is 10.9. The molecule has 24 heavy (non-hydrogen) atoms. The van der Waals surface area contributed by atoms with Gasteiger partial charge in [0.1, 0.15) is 12.4 Å². The van der Waals surface area contributed by atoms with Crippen molar-refractivity contribution in [1.82, 2.24) is 10.1 Å². The van der Waals surface area contributed by atoms with Crippen LogP contribution in [0, 0.1) is 6.42 Å². The van der Waals surface area contributed by atoms with Crippen molar-refractivity contribution in [3.05, 3.63) is 83.9 Å². The normalized spacial score (nSPS) is 10.5. The van der Waals surface area contributed by atoms with E-state index in [1.54, 1.807) is 6.42 Å². The van der Waals surface area contributed by atoms with Crippen LogP contribution in [0.1, 0.15) is 27.6 Å². The summed E-state index contributed by atoms with van der Waals surface area (Å²) in [6.45, 7) is 0.532. The van der Waals surface area contributed by atoms with E-state index in [1.165, 1.54) is 0 Å². The summed E-state index contributed by atoms with van der Waals surface area (Å²) < 4.78 is 10.7. The van der Waals surface area contributed by atoms with Crippen molar-refractivity contribution >= 4 is 5.91 Å². The molecule has 2 aromatic carbocycles. The number of rotatable bonds is 7. The SMILES string of the molecule is NC(=O)c1noc([CH]Cc2ccc(OCc3ccccc3)cc2)n1. The van der Waals surface area contributed by atoms with E-state index in [-0.39, 0.29) is 11.7 Å². The lowest BCUT2D eigenvalue weighted by Crippen LogP contribution is -2.12. The van der Waals surface area contributed by atoms with Crippen LogP contribution in [-0.2, 0) is 13.0 Å². The summed E-state index contributed by atoms with van der Waals surface area (Å²) in [5.74, 6) is 0.244. The number of nitrogens with two attached hydrogens (primary N) is 1. The third kappa shape index (κ3) is 4.19. The van der Waals surface area contributed by atoms with Gasteiger partial charge < -0.3 is 15.0 Å². The summed E-state index contributed by atoms with van der Waals surface area (Å²) >= 11 is 0. The number of carbonyl (C=O) groups is 1. The fraction of sp³-hybridized carbons (Fsp3) is 0.111. The van der Waals surface area contributed by atoms with E-state index in [0.29, 0.717) is 13.0 Å². The topological polar surface area (TPSA) is 91.2 Å². The second-order valence-corrected chi connectivity index (χ2v) is 5.15. The Morgan fingerprint density at radius 3 is 2.50 bits per heavy atom. The molecule has 6 heteroatoms. The average Bonchev–Trinajstić information content (AvgIpc) is 3.09. The highest BCUT2D eigenvalue weighted by Gasteiger charge is 2.11. The summed E-state index contributed by atoms with van der Waals surface area (Å²) in [6.07, 6.45) is 2.33. The molecule has 1 amide bonds. The molecule has 0 fully saturated rings. The minimum atomic E-state index is -0.710. The third-order valence-corrected chi connectivity index (χ3v) is 3.35. The molecule has 0 aliphatic rings. The van der Waals surface area contributed by atoms with Gasteiger partial charge in [-0.3, -0.25) is 4.79 Å². The number of benzene rings is 2. The van der Waals surface area contributed by atoms with Crippen molar-refractivity contribution in [2.24, 2.45) is 5.73 Å². The Hall–Kier alpha value is -3.15. The van der Waals surface area contributed by atoms with Crippen molar-refractivity contribution in [2.75, 3.05) is 0 Å². The quantitative estimate of drug-likeness (QED) is 0.722. The first-order chi connectivity index (χ1) is 11.7. The number of primary amides is 1. The second kappa shape index (κ2) is 7.41. The first kappa shape index (κ1) is 15.7. The fourth-order valence-electron chi connectivity index (χ4n) is 2.09. The van der Waals surface area contributed by atoms with Crippen LogP contribution in [0.15, 0.2) is 59.1 Å². The van der Waals surface area contributed by atoms with Crippen LogP contribution in [0.3, 0.4) is 0 Å². The predicted molar refractivity (Wildman–Crippen MR) is 87.1 cm³/mol. The monoisotopic (exact) mass is 322 g/mol. The molecule has 121 valence electrons. The fourth-order valence-corrected chi connectivity index (χ4v) is 2.09. The number of nitrogens with zero attached hydrogens (tertiary/aromatic N) is 2. The smallest absolute Gasteiger partial charge is 0.290 e. The van der Waals surface area contributed by atoms with E-state index >= 15 is 0 Å². The van der Waals surface area contributed by atoms with Gasteiger partial charge in [0, 0.05) is 0 Å². The molecule has 0 aliphatic heterocycles. The van der Waals surface area contributed by atoms with Crippen LogP contribution < -0.4 is 10.5 Å². The lowest BCUT2D eigenvalue weighted by Gasteiger charge is -2.07. The number of aromatic nitrogens is 2. The minimum Gasteiger partial charge on any atom is -0.489 e. The van der Waals surface area contributed by atoms with Crippen molar-refractivity contribution in [3.8, 4) is 5.75 Å². The largest absolute Gasteiger partial charge is 0.489 e. The summed E-state index contributed by atoms with van der Waals surface area (Å²) in [5, 5.41) is 3.48. The lowest BCUT2D eigenvalue weighted by molar-refractivity contribution is 0.0987. The first-order valence-corrected chi connectivity index (χ1v) is 7.43. The van der Waals surface area contributed by atoms with Gasteiger partial charge >= 0.3 is 0 Å². The highest BCUT2D eigenvalue weighted by Crippen LogP contribution is 2.16. The number of hydrogen-bond donors (Lipinski definition) is 1. The van der Waals surface area contributed by atoms with Crippen LogP contribution in [0.2, 0.25) is 0 Å². The maximum Gasteiger partial charge on any atom is 0.290 e. The lowest BCUT2D eigenvalue weighted by atomic mass is 10.1. The zero-order valence-electron chi connectivity index (χ0n) is 12.9. The predicted octanol–water partition coefficient (Wildman–Crippen LogP) is 2.54. The molecule has 0 saturated carbocycles. The molecule has 0 bridgehead atoms. The molecule has 0 spiro atoms. The number of amides is 1. The molecule has 0 atom stereocenters. The second-order valence-electron chi connectivity index (χ2n) is 5.15. The van der Waals surface area contributed by atoms with Crippen LogP contribution in [-0.4, -0.2) is 16.0 Å².